The minimum Gasteiger partial charge on any atom is -0.370 e. The Labute approximate surface area is 137 Å². The standard InChI is InChI=1S/C16H26N4O3/c1-4-11-12(23-11)8-6-5-7-9-20-15(21)13-14(17-10-18(13)2)19(3)16(20)22/h10-14H,4-9H2,1-3H3. The Morgan fingerprint density at radius 1 is 1.17 bits per heavy atom. The van der Waals surface area contributed by atoms with Crippen molar-refractivity contribution in [2.24, 2.45) is 4.99 Å². The normalized spacial score (nSPS) is 32.7. The molecule has 0 saturated carbocycles. The van der Waals surface area contributed by atoms with Gasteiger partial charge in [-0.2, -0.15) is 0 Å². The fourth-order valence-electron chi connectivity index (χ4n) is 3.50. The molecule has 4 atom stereocenters. The Kier molecular flexibility index (Phi) is 4.57. The maximum absolute atomic E-state index is 12.6. The van der Waals surface area contributed by atoms with Gasteiger partial charge in [0.05, 0.1) is 18.5 Å². The molecule has 128 valence electrons. The van der Waals surface area contributed by atoms with E-state index < -0.39 is 0 Å². The van der Waals surface area contributed by atoms with E-state index in [9.17, 15) is 9.59 Å². The average molecular weight is 322 g/mol. The lowest BCUT2D eigenvalue weighted by Crippen LogP contribution is -2.64. The van der Waals surface area contributed by atoms with Gasteiger partial charge in [0.2, 0.25) is 0 Å². The fraction of sp³-hybridized carbons (Fsp3) is 0.812. The van der Waals surface area contributed by atoms with Crippen molar-refractivity contribution in [3.8, 4) is 0 Å². The Morgan fingerprint density at radius 2 is 1.96 bits per heavy atom. The number of fused-ring (bicyclic) bond motifs is 1. The second-order valence-corrected chi connectivity index (χ2v) is 6.64. The third-order valence-electron chi connectivity index (χ3n) is 5.03. The van der Waals surface area contributed by atoms with Gasteiger partial charge in [0.15, 0.2) is 12.2 Å². The molecule has 7 heteroatoms. The van der Waals surface area contributed by atoms with Crippen LogP contribution in [0.3, 0.4) is 0 Å². The number of epoxide rings is 1. The molecule has 0 radical (unpaired) electrons. The van der Waals surface area contributed by atoms with Crippen molar-refractivity contribution < 1.29 is 14.3 Å². The van der Waals surface area contributed by atoms with Crippen molar-refractivity contribution >= 4 is 18.3 Å². The number of unbranched alkanes of at least 4 members (excludes halogenated alkanes) is 2. The second-order valence-electron chi connectivity index (χ2n) is 6.64. The van der Waals surface area contributed by atoms with Crippen LogP contribution >= 0.6 is 0 Å². The first-order valence-electron chi connectivity index (χ1n) is 8.53. The molecule has 3 aliphatic heterocycles. The minimum absolute atomic E-state index is 0.130. The van der Waals surface area contributed by atoms with E-state index in [1.807, 2.05) is 7.05 Å². The summed E-state index contributed by atoms with van der Waals surface area (Å²) in [4.78, 5) is 33.9. The lowest BCUT2D eigenvalue weighted by atomic mass is 10.1. The third-order valence-corrected chi connectivity index (χ3v) is 5.03. The predicted molar refractivity (Wildman–Crippen MR) is 86.1 cm³/mol. The van der Waals surface area contributed by atoms with Gasteiger partial charge in [-0.05, 0) is 19.3 Å². The summed E-state index contributed by atoms with van der Waals surface area (Å²) in [5.41, 5.74) is 0. The van der Waals surface area contributed by atoms with Crippen LogP contribution in [-0.2, 0) is 9.53 Å². The first kappa shape index (κ1) is 16.2. The quantitative estimate of drug-likeness (QED) is 0.523. The Bertz CT molecular complexity index is 510. The molecular weight excluding hydrogens is 296 g/mol. The van der Waals surface area contributed by atoms with Gasteiger partial charge in [-0.3, -0.25) is 9.69 Å². The molecule has 3 rings (SSSR count). The molecule has 2 saturated heterocycles. The van der Waals surface area contributed by atoms with E-state index in [1.165, 1.54) is 4.90 Å². The van der Waals surface area contributed by atoms with Crippen molar-refractivity contribution in [3.63, 3.8) is 0 Å². The van der Waals surface area contributed by atoms with Crippen molar-refractivity contribution in [2.75, 3.05) is 20.6 Å². The van der Waals surface area contributed by atoms with Crippen LogP contribution in [0.4, 0.5) is 4.79 Å². The number of carbonyl (C=O) groups excluding carboxylic acids is 2. The maximum atomic E-state index is 12.6. The van der Waals surface area contributed by atoms with Crippen LogP contribution in [0.1, 0.15) is 39.0 Å². The summed E-state index contributed by atoms with van der Waals surface area (Å²) < 4.78 is 5.53. The van der Waals surface area contributed by atoms with Gasteiger partial charge < -0.3 is 14.5 Å². The van der Waals surface area contributed by atoms with E-state index in [1.54, 1.807) is 23.2 Å². The number of rotatable bonds is 7. The van der Waals surface area contributed by atoms with E-state index >= 15 is 0 Å². The molecule has 7 nitrogen and oxygen atoms in total. The van der Waals surface area contributed by atoms with E-state index in [2.05, 4.69) is 11.9 Å². The number of imide groups is 1. The van der Waals surface area contributed by atoms with Crippen LogP contribution < -0.4 is 0 Å². The van der Waals surface area contributed by atoms with E-state index in [-0.39, 0.29) is 24.1 Å². The summed E-state index contributed by atoms with van der Waals surface area (Å²) in [5, 5.41) is 0. The van der Waals surface area contributed by atoms with Crippen molar-refractivity contribution in [1.29, 1.82) is 0 Å². The van der Waals surface area contributed by atoms with E-state index in [0.29, 0.717) is 18.8 Å². The summed E-state index contributed by atoms with van der Waals surface area (Å²) in [6.07, 6.45) is 7.28. The minimum atomic E-state index is -0.380. The van der Waals surface area contributed by atoms with Gasteiger partial charge >= 0.3 is 6.03 Å². The van der Waals surface area contributed by atoms with Crippen molar-refractivity contribution in [3.05, 3.63) is 0 Å². The lowest BCUT2D eigenvalue weighted by Gasteiger charge is -2.40. The highest BCUT2D eigenvalue weighted by Crippen LogP contribution is 2.30. The predicted octanol–water partition coefficient (Wildman–Crippen LogP) is 1.29. The molecule has 2 fully saturated rings. The van der Waals surface area contributed by atoms with Crippen LogP contribution in [0.2, 0.25) is 0 Å². The lowest BCUT2D eigenvalue weighted by molar-refractivity contribution is -0.137. The highest BCUT2D eigenvalue weighted by molar-refractivity contribution is 6.01. The Morgan fingerprint density at radius 3 is 2.65 bits per heavy atom. The number of aliphatic imine (C=N–C) groups is 1. The molecule has 0 aromatic rings. The smallest absolute Gasteiger partial charge is 0.328 e. The molecule has 23 heavy (non-hydrogen) atoms. The monoisotopic (exact) mass is 322 g/mol. The molecule has 0 aliphatic carbocycles. The van der Waals surface area contributed by atoms with Gasteiger partial charge in [-0.25, -0.2) is 9.79 Å². The second kappa shape index (κ2) is 6.47. The van der Waals surface area contributed by atoms with Gasteiger partial charge in [-0.1, -0.05) is 19.8 Å². The Balaban J connectivity index is 1.45. The molecule has 3 amide bonds. The summed E-state index contributed by atoms with van der Waals surface area (Å²) in [5.74, 6) is -0.130. The fourth-order valence-corrected chi connectivity index (χ4v) is 3.50. The third kappa shape index (κ3) is 3.06. The highest BCUT2D eigenvalue weighted by Gasteiger charge is 2.48. The summed E-state index contributed by atoms with van der Waals surface area (Å²) in [6, 6.07) is -0.608. The number of likely N-dealkylation sites (N-methyl/N-ethyl adjacent to an activating group) is 2. The van der Waals surface area contributed by atoms with Crippen molar-refractivity contribution in [1.82, 2.24) is 14.7 Å². The number of carbonyl (C=O) groups is 2. The SMILES string of the molecule is CCC1OC1CCCCCN1C(=O)C2C(N=CN2C)N(C)C1=O. The molecular formula is C16H26N4O3. The molecule has 4 unspecified atom stereocenters. The van der Waals surface area contributed by atoms with Gasteiger partial charge in [0, 0.05) is 20.6 Å². The van der Waals surface area contributed by atoms with Crippen molar-refractivity contribution in [2.45, 2.75) is 63.4 Å². The molecule has 0 aromatic carbocycles. The summed E-state index contributed by atoms with van der Waals surface area (Å²) in [6.45, 7) is 2.63. The number of urea groups is 1. The largest absolute Gasteiger partial charge is 0.370 e. The number of hydrogen-bond donors (Lipinski definition) is 0. The van der Waals surface area contributed by atoms with Crippen LogP contribution in [0.5, 0.6) is 0 Å². The zero-order valence-electron chi connectivity index (χ0n) is 14.1. The van der Waals surface area contributed by atoms with Crippen LogP contribution in [-0.4, -0.2) is 78.0 Å². The van der Waals surface area contributed by atoms with Crippen LogP contribution in [0, 0.1) is 0 Å². The first-order valence-corrected chi connectivity index (χ1v) is 8.53. The van der Waals surface area contributed by atoms with Gasteiger partial charge in [0.1, 0.15) is 0 Å². The van der Waals surface area contributed by atoms with Gasteiger partial charge in [0.25, 0.3) is 5.91 Å². The number of ether oxygens (including phenoxy) is 1. The maximum Gasteiger partial charge on any atom is 0.328 e. The molecule has 0 N–H and O–H groups in total. The molecule has 3 aliphatic rings. The van der Waals surface area contributed by atoms with Gasteiger partial charge in [-0.15, -0.1) is 0 Å². The number of nitrogens with zero attached hydrogens (tertiary/aromatic N) is 4. The zero-order chi connectivity index (χ0) is 16.6. The topological polar surface area (TPSA) is 68.8 Å². The molecule has 0 spiro atoms. The Hall–Kier alpha value is -1.63. The van der Waals surface area contributed by atoms with Crippen LogP contribution in [0.15, 0.2) is 4.99 Å². The number of amides is 3. The average Bonchev–Trinajstić information content (AvgIpc) is 3.19. The first-order chi connectivity index (χ1) is 11.0. The highest BCUT2D eigenvalue weighted by atomic mass is 16.6. The van der Waals surface area contributed by atoms with E-state index in [0.717, 1.165) is 32.1 Å². The summed E-state index contributed by atoms with van der Waals surface area (Å²) in [7, 11) is 3.54. The van der Waals surface area contributed by atoms with Crippen LogP contribution in [0.25, 0.3) is 0 Å². The molecule has 0 bridgehead atoms. The summed E-state index contributed by atoms with van der Waals surface area (Å²) >= 11 is 0. The van der Waals surface area contributed by atoms with E-state index in [4.69, 9.17) is 4.74 Å². The number of hydrogen-bond acceptors (Lipinski definition) is 5. The molecule has 0 aromatic heterocycles. The zero-order valence-corrected chi connectivity index (χ0v) is 14.1. The molecule has 3 heterocycles.